The number of piperidine rings is 1. The molecule has 0 unspecified atom stereocenters. The number of rotatable bonds is 7. The Morgan fingerprint density at radius 2 is 2.05 bits per heavy atom. The van der Waals surface area contributed by atoms with Crippen LogP contribution < -0.4 is 10.1 Å². The van der Waals surface area contributed by atoms with Gasteiger partial charge in [0.1, 0.15) is 6.61 Å². The quantitative estimate of drug-likeness (QED) is 0.828. The monoisotopic (exact) mass is 275 g/mol. The van der Waals surface area contributed by atoms with Crippen molar-refractivity contribution in [2.24, 2.45) is 0 Å². The van der Waals surface area contributed by atoms with Crippen molar-refractivity contribution in [1.29, 1.82) is 0 Å². The van der Waals surface area contributed by atoms with Crippen molar-refractivity contribution in [2.75, 3.05) is 26.2 Å². The second-order valence-corrected chi connectivity index (χ2v) is 5.91. The Hall–Kier alpha value is -1.13. The van der Waals surface area contributed by atoms with Gasteiger partial charge < -0.3 is 10.1 Å². The van der Waals surface area contributed by atoms with Gasteiger partial charge in [-0.05, 0) is 44.3 Å². The second kappa shape index (κ2) is 7.04. The van der Waals surface area contributed by atoms with Gasteiger partial charge in [-0.3, -0.25) is 4.90 Å². The van der Waals surface area contributed by atoms with Crippen molar-refractivity contribution in [3.63, 3.8) is 0 Å². The lowest BCUT2D eigenvalue weighted by Crippen LogP contribution is -2.33. The van der Waals surface area contributed by atoms with Gasteiger partial charge in [-0.25, -0.2) is 4.98 Å². The first kappa shape index (κ1) is 13.8. The molecular weight excluding hydrogens is 250 g/mol. The molecule has 4 nitrogen and oxygen atoms in total. The van der Waals surface area contributed by atoms with E-state index < -0.39 is 0 Å². The van der Waals surface area contributed by atoms with Crippen LogP contribution in [0.4, 0.5) is 0 Å². The van der Waals surface area contributed by atoms with Crippen LogP contribution in [0.2, 0.25) is 0 Å². The highest BCUT2D eigenvalue weighted by Gasteiger charge is 2.19. The second-order valence-electron chi connectivity index (χ2n) is 5.91. The van der Waals surface area contributed by atoms with E-state index in [1.165, 1.54) is 50.8 Å². The SMILES string of the molecule is c1cc(OCCN2CCCCC2)ncc1CNC1CC1. The third-order valence-corrected chi connectivity index (χ3v) is 4.08. The van der Waals surface area contributed by atoms with E-state index in [-0.39, 0.29) is 0 Å². The van der Waals surface area contributed by atoms with Crippen molar-refractivity contribution >= 4 is 0 Å². The Morgan fingerprint density at radius 3 is 2.75 bits per heavy atom. The number of nitrogens with zero attached hydrogens (tertiary/aromatic N) is 2. The van der Waals surface area contributed by atoms with Crippen LogP contribution in [-0.2, 0) is 6.54 Å². The van der Waals surface area contributed by atoms with Crippen LogP contribution >= 0.6 is 0 Å². The van der Waals surface area contributed by atoms with Crippen molar-refractivity contribution in [3.8, 4) is 5.88 Å². The molecule has 2 fully saturated rings. The first-order valence-electron chi connectivity index (χ1n) is 7.93. The molecule has 1 N–H and O–H groups in total. The average Bonchev–Trinajstić information content (AvgIpc) is 3.32. The number of pyridine rings is 1. The maximum absolute atomic E-state index is 5.73. The Bertz CT molecular complexity index is 397. The third kappa shape index (κ3) is 4.46. The highest BCUT2D eigenvalue weighted by Crippen LogP contribution is 2.19. The van der Waals surface area contributed by atoms with Gasteiger partial charge in [-0.2, -0.15) is 0 Å². The lowest BCUT2D eigenvalue weighted by Gasteiger charge is -2.26. The molecule has 1 aliphatic heterocycles. The molecule has 1 saturated carbocycles. The van der Waals surface area contributed by atoms with Gasteiger partial charge in [0.15, 0.2) is 0 Å². The summed E-state index contributed by atoms with van der Waals surface area (Å²) in [6.45, 7) is 5.14. The Morgan fingerprint density at radius 1 is 1.20 bits per heavy atom. The highest BCUT2D eigenvalue weighted by atomic mass is 16.5. The van der Waals surface area contributed by atoms with E-state index >= 15 is 0 Å². The predicted molar refractivity (Wildman–Crippen MR) is 79.9 cm³/mol. The highest BCUT2D eigenvalue weighted by molar-refractivity contribution is 5.17. The topological polar surface area (TPSA) is 37.4 Å². The van der Waals surface area contributed by atoms with Crippen LogP contribution in [0.25, 0.3) is 0 Å². The molecule has 3 rings (SSSR count). The largest absolute Gasteiger partial charge is 0.476 e. The van der Waals surface area contributed by atoms with Gasteiger partial charge in [0.2, 0.25) is 5.88 Å². The maximum Gasteiger partial charge on any atom is 0.213 e. The minimum absolute atomic E-state index is 0.743. The van der Waals surface area contributed by atoms with Gasteiger partial charge >= 0.3 is 0 Å². The summed E-state index contributed by atoms with van der Waals surface area (Å²) in [5, 5.41) is 3.49. The summed E-state index contributed by atoms with van der Waals surface area (Å²) in [4.78, 5) is 6.86. The van der Waals surface area contributed by atoms with E-state index in [9.17, 15) is 0 Å². The van der Waals surface area contributed by atoms with E-state index in [2.05, 4.69) is 21.3 Å². The summed E-state index contributed by atoms with van der Waals surface area (Å²) in [6, 6.07) is 4.84. The molecule has 1 saturated heterocycles. The molecule has 4 heteroatoms. The zero-order valence-corrected chi connectivity index (χ0v) is 12.2. The number of ether oxygens (including phenoxy) is 1. The van der Waals surface area contributed by atoms with Gasteiger partial charge in [-0.1, -0.05) is 12.5 Å². The molecule has 0 aromatic carbocycles. The van der Waals surface area contributed by atoms with Crippen LogP contribution in [0.15, 0.2) is 18.3 Å². The number of hydrogen-bond acceptors (Lipinski definition) is 4. The van der Waals surface area contributed by atoms with Crippen LogP contribution in [0.1, 0.15) is 37.7 Å². The Labute approximate surface area is 121 Å². The number of hydrogen-bond donors (Lipinski definition) is 1. The average molecular weight is 275 g/mol. The molecule has 0 amide bonds. The first-order chi connectivity index (χ1) is 9.90. The number of aromatic nitrogens is 1. The standard InChI is InChI=1S/C16H25N3O/c1-2-8-19(9-3-1)10-11-20-16-7-4-14(13-18-16)12-17-15-5-6-15/h4,7,13,15,17H,1-3,5-6,8-12H2. The molecule has 1 aromatic rings. The zero-order valence-electron chi connectivity index (χ0n) is 12.2. The smallest absolute Gasteiger partial charge is 0.213 e. The molecule has 0 radical (unpaired) electrons. The summed E-state index contributed by atoms with van der Waals surface area (Å²) in [5.74, 6) is 0.747. The fourth-order valence-corrected chi connectivity index (χ4v) is 2.61. The zero-order chi connectivity index (χ0) is 13.6. The summed E-state index contributed by atoms with van der Waals surface area (Å²) in [7, 11) is 0. The van der Waals surface area contributed by atoms with Gasteiger partial charge in [0, 0.05) is 31.4 Å². The molecule has 0 atom stereocenters. The van der Waals surface area contributed by atoms with Crippen LogP contribution in [0.3, 0.4) is 0 Å². The fourth-order valence-electron chi connectivity index (χ4n) is 2.61. The molecular formula is C16H25N3O. The molecule has 2 aliphatic rings. The third-order valence-electron chi connectivity index (χ3n) is 4.08. The Balaban J connectivity index is 1.36. The lowest BCUT2D eigenvalue weighted by atomic mass is 10.1. The summed E-state index contributed by atoms with van der Waals surface area (Å²) >= 11 is 0. The van der Waals surface area contributed by atoms with Crippen LogP contribution in [0, 0.1) is 0 Å². The maximum atomic E-state index is 5.73. The van der Waals surface area contributed by atoms with E-state index in [4.69, 9.17) is 4.74 Å². The molecule has 20 heavy (non-hydrogen) atoms. The molecule has 1 aromatic heterocycles. The lowest BCUT2D eigenvalue weighted by molar-refractivity contribution is 0.180. The Kier molecular flexibility index (Phi) is 4.87. The predicted octanol–water partition coefficient (Wildman–Crippen LogP) is 2.20. The fraction of sp³-hybridized carbons (Fsp3) is 0.688. The van der Waals surface area contributed by atoms with Crippen molar-refractivity contribution in [1.82, 2.24) is 15.2 Å². The van der Waals surface area contributed by atoms with E-state index in [1.807, 2.05) is 12.3 Å². The van der Waals surface area contributed by atoms with E-state index in [1.54, 1.807) is 0 Å². The summed E-state index contributed by atoms with van der Waals surface area (Å²) in [6.07, 6.45) is 8.62. The molecule has 2 heterocycles. The van der Waals surface area contributed by atoms with Gasteiger partial charge in [0.25, 0.3) is 0 Å². The first-order valence-corrected chi connectivity index (χ1v) is 7.93. The molecule has 0 bridgehead atoms. The van der Waals surface area contributed by atoms with E-state index in [0.29, 0.717) is 0 Å². The molecule has 0 spiro atoms. The van der Waals surface area contributed by atoms with Crippen molar-refractivity contribution in [2.45, 2.75) is 44.7 Å². The minimum atomic E-state index is 0.743. The summed E-state index contributed by atoms with van der Waals surface area (Å²) in [5.41, 5.74) is 1.24. The molecule has 110 valence electrons. The number of nitrogens with one attached hydrogen (secondary N) is 1. The van der Waals surface area contributed by atoms with Crippen LogP contribution in [0.5, 0.6) is 5.88 Å². The van der Waals surface area contributed by atoms with Crippen LogP contribution in [-0.4, -0.2) is 42.2 Å². The van der Waals surface area contributed by atoms with Crippen molar-refractivity contribution < 1.29 is 4.74 Å². The summed E-state index contributed by atoms with van der Waals surface area (Å²) < 4.78 is 5.73. The van der Waals surface area contributed by atoms with Gasteiger partial charge in [-0.15, -0.1) is 0 Å². The van der Waals surface area contributed by atoms with E-state index in [0.717, 1.165) is 31.6 Å². The van der Waals surface area contributed by atoms with Gasteiger partial charge in [0.05, 0.1) is 0 Å². The molecule has 1 aliphatic carbocycles. The number of likely N-dealkylation sites (tertiary alicyclic amines) is 1. The van der Waals surface area contributed by atoms with Crippen molar-refractivity contribution in [3.05, 3.63) is 23.9 Å². The minimum Gasteiger partial charge on any atom is -0.476 e. The normalized spacial score (nSPS) is 20.0.